The van der Waals surface area contributed by atoms with Crippen LogP contribution in [0.15, 0.2) is 42.5 Å². The first-order chi connectivity index (χ1) is 18.1. The molecular formula is C28H39N3O6S. The fourth-order valence-corrected chi connectivity index (χ4v) is 5.24. The fraction of sp³-hybridized carbons (Fsp3) is 0.500. The molecule has 1 aliphatic heterocycles. The molecule has 0 aromatic heterocycles. The van der Waals surface area contributed by atoms with E-state index in [9.17, 15) is 18.0 Å². The molecule has 0 saturated carbocycles. The minimum Gasteiger partial charge on any atom is -0.486 e. The van der Waals surface area contributed by atoms with Crippen molar-refractivity contribution in [2.45, 2.75) is 59.0 Å². The molecule has 0 fully saturated rings. The lowest BCUT2D eigenvalue weighted by molar-refractivity contribution is -0.140. The lowest BCUT2D eigenvalue weighted by Crippen LogP contribution is -2.48. The highest BCUT2D eigenvalue weighted by molar-refractivity contribution is 7.92. The molecule has 38 heavy (non-hydrogen) atoms. The Kier molecular flexibility index (Phi) is 10.4. The third-order valence-corrected chi connectivity index (χ3v) is 7.76. The summed E-state index contributed by atoms with van der Waals surface area (Å²) in [5.74, 6) is 0.656. The van der Waals surface area contributed by atoms with E-state index in [0.717, 1.165) is 30.2 Å². The Morgan fingerprint density at radius 2 is 1.76 bits per heavy atom. The van der Waals surface area contributed by atoms with Gasteiger partial charge in [-0.25, -0.2) is 8.42 Å². The van der Waals surface area contributed by atoms with E-state index in [2.05, 4.69) is 5.32 Å². The highest BCUT2D eigenvalue weighted by Gasteiger charge is 2.27. The van der Waals surface area contributed by atoms with E-state index < -0.39 is 16.1 Å². The monoisotopic (exact) mass is 545 g/mol. The zero-order valence-corrected chi connectivity index (χ0v) is 23.6. The van der Waals surface area contributed by atoms with E-state index in [0.29, 0.717) is 43.5 Å². The van der Waals surface area contributed by atoms with E-state index in [-0.39, 0.29) is 31.2 Å². The van der Waals surface area contributed by atoms with Gasteiger partial charge in [0.1, 0.15) is 19.3 Å². The van der Waals surface area contributed by atoms with Gasteiger partial charge in [0, 0.05) is 32.1 Å². The van der Waals surface area contributed by atoms with Crippen LogP contribution >= 0.6 is 0 Å². The van der Waals surface area contributed by atoms with Gasteiger partial charge >= 0.3 is 0 Å². The molecule has 208 valence electrons. The predicted octanol–water partition coefficient (Wildman–Crippen LogP) is 3.65. The molecule has 0 bridgehead atoms. The number of anilines is 1. The number of ether oxygens (including phenoxy) is 2. The van der Waals surface area contributed by atoms with Crippen molar-refractivity contribution in [2.75, 3.05) is 36.9 Å². The summed E-state index contributed by atoms with van der Waals surface area (Å²) in [6.45, 7) is 7.56. The lowest BCUT2D eigenvalue weighted by atomic mass is 10.1. The minimum atomic E-state index is -3.61. The third kappa shape index (κ3) is 7.86. The molecule has 1 heterocycles. The summed E-state index contributed by atoms with van der Waals surface area (Å²) in [5.41, 5.74) is 2.44. The Morgan fingerprint density at radius 3 is 2.45 bits per heavy atom. The van der Waals surface area contributed by atoms with Gasteiger partial charge in [0.05, 0.1) is 11.9 Å². The van der Waals surface area contributed by atoms with Crippen LogP contribution in [-0.4, -0.2) is 63.7 Å². The van der Waals surface area contributed by atoms with Gasteiger partial charge < -0.3 is 19.7 Å². The SMILES string of the molecule is CCCCNC(=O)[C@@H](C)N(Cc1ccccc1C)C(=O)CCCN(c1ccc2c(c1)OCCO2)S(C)(=O)=O. The second-order valence-electron chi connectivity index (χ2n) is 9.54. The number of unbranched alkanes of at least 4 members (excludes halogenated alkanes) is 1. The topological polar surface area (TPSA) is 105 Å². The first kappa shape index (κ1) is 29.3. The average Bonchev–Trinajstić information content (AvgIpc) is 2.89. The normalized spacial score (nSPS) is 13.5. The molecule has 0 saturated heterocycles. The number of carbonyl (C=O) groups excluding carboxylic acids is 2. The number of hydrogen-bond donors (Lipinski definition) is 1. The number of rotatable bonds is 13. The maximum Gasteiger partial charge on any atom is 0.242 e. The van der Waals surface area contributed by atoms with E-state index in [1.807, 2.05) is 38.1 Å². The Hall–Kier alpha value is -3.27. The smallest absolute Gasteiger partial charge is 0.242 e. The quantitative estimate of drug-likeness (QED) is 0.385. The van der Waals surface area contributed by atoms with Gasteiger partial charge in [0.15, 0.2) is 11.5 Å². The Morgan fingerprint density at radius 1 is 1.05 bits per heavy atom. The number of nitrogens with zero attached hydrogens (tertiary/aromatic N) is 2. The molecule has 0 aliphatic carbocycles. The van der Waals surface area contributed by atoms with Gasteiger partial charge in [0.25, 0.3) is 0 Å². The van der Waals surface area contributed by atoms with Crippen LogP contribution in [0.3, 0.4) is 0 Å². The van der Waals surface area contributed by atoms with Crippen molar-refractivity contribution in [3.63, 3.8) is 0 Å². The molecule has 1 atom stereocenters. The number of hydrogen-bond acceptors (Lipinski definition) is 6. The maximum atomic E-state index is 13.4. The van der Waals surface area contributed by atoms with Gasteiger partial charge in [-0.15, -0.1) is 0 Å². The number of sulfonamides is 1. The lowest BCUT2D eigenvalue weighted by Gasteiger charge is -2.30. The molecule has 0 unspecified atom stereocenters. The number of aryl methyl sites for hydroxylation is 1. The largest absolute Gasteiger partial charge is 0.486 e. The molecule has 2 aromatic carbocycles. The van der Waals surface area contributed by atoms with Gasteiger partial charge in [0.2, 0.25) is 21.8 Å². The van der Waals surface area contributed by atoms with Crippen molar-refractivity contribution in [1.82, 2.24) is 10.2 Å². The van der Waals surface area contributed by atoms with Crippen LogP contribution in [0.5, 0.6) is 11.5 Å². The number of fused-ring (bicyclic) bond motifs is 1. The van der Waals surface area contributed by atoms with Crippen molar-refractivity contribution in [3.05, 3.63) is 53.6 Å². The zero-order valence-electron chi connectivity index (χ0n) is 22.7. The molecule has 9 nitrogen and oxygen atoms in total. The summed E-state index contributed by atoms with van der Waals surface area (Å²) in [6.07, 6.45) is 3.34. The van der Waals surface area contributed by atoms with Crippen LogP contribution < -0.4 is 19.1 Å². The third-order valence-electron chi connectivity index (χ3n) is 6.56. The van der Waals surface area contributed by atoms with Crippen LogP contribution in [0.4, 0.5) is 5.69 Å². The van der Waals surface area contributed by atoms with E-state index in [4.69, 9.17) is 9.47 Å². The highest BCUT2D eigenvalue weighted by atomic mass is 32.2. The van der Waals surface area contributed by atoms with Gasteiger partial charge in [-0.1, -0.05) is 37.6 Å². The summed E-state index contributed by atoms with van der Waals surface area (Å²) in [4.78, 5) is 27.9. The molecule has 1 aliphatic rings. The van der Waals surface area contributed by atoms with Crippen molar-refractivity contribution in [2.24, 2.45) is 0 Å². The maximum absolute atomic E-state index is 13.4. The second kappa shape index (κ2) is 13.5. The minimum absolute atomic E-state index is 0.0923. The molecule has 1 N–H and O–H groups in total. The fourth-order valence-electron chi connectivity index (χ4n) is 4.28. The van der Waals surface area contributed by atoms with Crippen molar-refractivity contribution < 1.29 is 27.5 Å². The molecule has 0 spiro atoms. The van der Waals surface area contributed by atoms with Crippen LogP contribution in [0.1, 0.15) is 50.7 Å². The molecule has 2 aromatic rings. The van der Waals surface area contributed by atoms with Crippen molar-refractivity contribution >= 4 is 27.5 Å². The summed E-state index contributed by atoms with van der Waals surface area (Å²) in [5, 5.41) is 2.92. The Bertz CT molecular complexity index is 1220. The highest BCUT2D eigenvalue weighted by Crippen LogP contribution is 2.34. The molecular weight excluding hydrogens is 506 g/mol. The van der Waals surface area contributed by atoms with Crippen molar-refractivity contribution in [3.8, 4) is 11.5 Å². The first-order valence-corrected chi connectivity index (χ1v) is 15.0. The number of amides is 2. The molecule has 0 radical (unpaired) electrons. The average molecular weight is 546 g/mol. The van der Waals surface area contributed by atoms with Gasteiger partial charge in [-0.05, 0) is 49.9 Å². The van der Waals surface area contributed by atoms with Gasteiger partial charge in [-0.3, -0.25) is 13.9 Å². The number of carbonyl (C=O) groups is 2. The molecule has 2 amide bonds. The van der Waals surface area contributed by atoms with Crippen LogP contribution in [0.2, 0.25) is 0 Å². The van der Waals surface area contributed by atoms with Crippen LogP contribution in [-0.2, 0) is 26.2 Å². The summed E-state index contributed by atoms with van der Waals surface area (Å²) >= 11 is 0. The zero-order chi connectivity index (χ0) is 27.7. The Balaban J connectivity index is 1.72. The predicted molar refractivity (Wildman–Crippen MR) is 148 cm³/mol. The van der Waals surface area contributed by atoms with E-state index in [1.54, 1.807) is 30.0 Å². The van der Waals surface area contributed by atoms with Gasteiger partial charge in [-0.2, -0.15) is 0 Å². The standard InChI is InChI=1S/C28H39N3O6S/c1-5-6-15-29-28(33)22(3)30(20-23-11-8-7-10-21(23)2)27(32)12-9-16-31(38(4,34)35)24-13-14-25-26(19-24)37-18-17-36-25/h7-8,10-11,13-14,19,22H,5-6,9,12,15-18,20H2,1-4H3,(H,29,33)/t22-/m1/s1. The first-order valence-electron chi connectivity index (χ1n) is 13.1. The summed E-state index contributed by atoms with van der Waals surface area (Å²) < 4.78 is 37.6. The van der Waals surface area contributed by atoms with Crippen LogP contribution in [0.25, 0.3) is 0 Å². The van der Waals surface area contributed by atoms with Crippen molar-refractivity contribution in [1.29, 1.82) is 0 Å². The summed E-state index contributed by atoms with van der Waals surface area (Å²) in [7, 11) is -3.61. The number of benzene rings is 2. The van der Waals surface area contributed by atoms with E-state index >= 15 is 0 Å². The molecule has 3 rings (SSSR count). The number of nitrogens with one attached hydrogen (secondary N) is 1. The Labute approximate surface area is 226 Å². The molecule has 10 heteroatoms. The van der Waals surface area contributed by atoms with Crippen LogP contribution in [0, 0.1) is 6.92 Å². The van der Waals surface area contributed by atoms with E-state index in [1.165, 1.54) is 4.31 Å². The summed E-state index contributed by atoms with van der Waals surface area (Å²) in [6, 6.07) is 12.1. The second-order valence-corrected chi connectivity index (χ2v) is 11.4.